The van der Waals surface area contributed by atoms with Gasteiger partial charge in [0.05, 0.1) is 123 Å². The Labute approximate surface area is 768 Å². The van der Waals surface area contributed by atoms with Gasteiger partial charge in [0.1, 0.15) is 78.3 Å². The van der Waals surface area contributed by atoms with Gasteiger partial charge >= 0.3 is 7.12 Å². The van der Waals surface area contributed by atoms with Gasteiger partial charge < -0.3 is 61.6 Å². The molecule has 7 heterocycles. The van der Waals surface area contributed by atoms with E-state index in [1.165, 1.54) is 60.7 Å². The van der Waals surface area contributed by atoms with Crippen molar-refractivity contribution in [1.29, 1.82) is 15.8 Å². The molecule has 132 heavy (non-hydrogen) atoms. The largest absolute Gasteiger partial charge is 0.486 e. The number of fused-ring (bicyclic) bond motifs is 3. The van der Waals surface area contributed by atoms with Crippen molar-refractivity contribution in [2.75, 3.05) is 47.8 Å². The standard InChI is InChI=1S/C32H28F2N4O4.C32H26F2N4O2.C30H23BrF2N4O2.C8H15BO2/c1-41-12-11-38-29-15-23(30(40)18-39)9-10-28(29)36-31(38)16-21-7-8-22(14-26(21)34)27-3-2-4-32(37-27)42-19-24-6-5-20(17-35)13-25(24)33;1-3-21-8-12-29-30(16-21)38(13-14-39-2)31(36-29)18-23-10-11-24(17-27(23)34)28-5-4-6-32(37-28)40-20-25-9-7-22(19-35)15-26(25)33;1-38-12-11-37-28-16-23(31)9-10-27(28)35-29(37)15-20-7-8-21(14-25(20)33)26-3-2-4-30(36-26)39-18-22-6-5-19(17-34)13-24(22)32;1-6-9-10-7(2,3)8(4,5)11-9/h2-10,13-15,30,39-40H,11-12,16,18-19H2,1H3;3-12,15-17H,1,13-14,18,20H2,2H3;2-10,13-14,16H,11-12,15,18H2,1H3;6H,1H2,2-5H3. The third-order valence-corrected chi connectivity index (χ3v) is 22.7. The van der Waals surface area contributed by atoms with Crippen molar-refractivity contribution in [1.82, 2.24) is 43.6 Å². The number of ether oxygens (including phenoxy) is 6. The number of aliphatic hydroxyl groups excluding tert-OH is 2. The highest BCUT2D eigenvalue weighted by Gasteiger charge is 2.50. The van der Waals surface area contributed by atoms with E-state index >= 15 is 13.2 Å². The Morgan fingerprint density at radius 1 is 0.432 bits per heavy atom. The van der Waals surface area contributed by atoms with Gasteiger partial charge in [-0.1, -0.05) is 119 Å². The molecule has 9 aromatic carbocycles. The predicted octanol–water partition coefficient (Wildman–Crippen LogP) is 20.4. The van der Waals surface area contributed by atoms with E-state index in [0.717, 1.165) is 61.4 Å². The number of rotatable bonds is 31. The van der Waals surface area contributed by atoms with E-state index in [1.54, 1.807) is 130 Å². The van der Waals surface area contributed by atoms with Crippen molar-refractivity contribution in [2.45, 2.75) is 104 Å². The summed E-state index contributed by atoms with van der Waals surface area (Å²) in [6.07, 6.45) is 1.61. The van der Waals surface area contributed by atoms with Crippen LogP contribution in [0.5, 0.6) is 17.6 Å². The van der Waals surface area contributed by atoms with Gasteiger partial charge in [0.2, 0.25) is 17.6 Å². The van der Waals surface area contributed by atoms with E-state index in [1.807, 2.05) is 99.0 Å². The molecule has 1 saturated heterocycles. The van der Waals surface area contributed by atoms with Crippen LogP contribution in [0.3, 0.4) is 0 Å². The maximum absolute atomic E-state index is 15.4. The Morgan fingerprint density at radius 3 is 1.10 bits per heavy atom. The zero-order valence-electron chi connectivity index (χ0n) is 73.4. The quantitative estimate of drug-likeness (QED) is 0.0302. The number of imidazole rings is 3. The van der Waals surface area contributed by atoms with Gasteiger partial charge in [0.25, 0.3) is 0 Å². The highest BCUT2D eigenvalue weighted by Crippen LogP contribution is 2.38. The minimum absolute atomic E-state index is 0.0536. The average Bonchev–Trinajstić information content (AvgIpc) is 1.62. The lowest BCUT2D eigenvalue weighted by Crippen LogP contribution is -2.41. The van der Waals surface area contributed by atoms with Crippen LogP contribution in [-0.2, 0) is 82.2 Å². The van der Waals surface area contributed by atoms with Crippen LogP contribution in [0.15, 0.2) is 242 Å². The molecule has 15 aromatic rings. The van der Waals surface area contributed by atoms with Gasteiger partial charge in [-0.2, -0.15) is 15.8 Å². The fourth-order valence-electron chi connectivity index (χ4n) is 14.3. The number of halogens is 7. The molecule has 1 unspecified atom stereocenters. The molecule has 1 fully saturated rings. The first-order valence-electron chi connectivity index (χ1n) is 41.9. The van der Waals surface area contributed by atoms with Crippen LogP contribution in [0, 0.1) is 68.9 Å². The Bertz CT molecular complexity index is 6810. The second-order valence-corrected chi connectivity index (χ2v) is 32.5. The second-order valence-electron chi connectivity index (χ2n) is 31.6. The van der Waals surface area contributed by atoms with Gasteiger partial charge in [0.15, 0.2) is 0 Å². The van der Waals surface area contributed by atoms with Gasteiger partial charge in [-0.25, -0.2) is 56.2 Å². The molecule has 0 spiro atoms. The summed E-state index contributed by atoms with van der Waals surface area (Å²) in [6, 6.07) is 65.5. The van der Waals surface area contributed by atoms with E-state index < -0.39 is 36.0 Å². The average molecular weight is 1850 g/mol. The molecule has 6 aromatic heterocycles. The molecule has 16 rings (SSSR count). The van der Waals surface area contributed by atoms with Crippen molar-refractivity contribution in [3.05, 3.63) is 356 Å². The summed E-state index contributed by atoms with van der Waals surface area (Å²) in [5, 5.41) is 46.2. The Morgan fingerprint density at radius 2 is 0.773 bits per heavy atom. The summed E-state index contributed by atoms with van der Waals surface area (Å²) in [6.45, 7) is 18.1. The first-order chi connectivity index (χ1) is 63.7. The molecule has 22 nitrogen and oxygen atoms in total. The molecule has 0 saturated carbocycles. The summed E-state index contributed by atoms with van der Waals surface area (Å²) in [5.41, 5.74) is 12.4. The minimum atomic E-state index is -1.01. The van der Waals surface area contributed by atoms with E-state index in [2.05, 4.69) is 53.2 Å². The molecule has 0 amide bonds. The molecule has 0 bridgehead atoms. The molecular formula is C102H92BBrF6N12O10. The number of nitrogens with zero attached hydrogens (tertiary/aromatic N) is 12. The summed E-state index contributed by atoms with van der Waals surface area (Å²) in [5.74, 6) is 1.84. The lowest BCUT2D eigenvalue weighted by molar-refractivity contribution is 0.00578. The third kappa shape index (κ3) is 23.6. The zero-order chi connectivity index (χ0) is 93.8. The molecule has 30 heteroatoms. The summed E-state index contributed by atoms with van der Waals surface area (Å²) in [4.78, 5) is 27.6. The highest BCUT2D eigenvalue weighted by molar-refractivity contribution is 9.10. The normalized spacial score (nSPS) is 12.6. The summed E-state index contributed by atoms with van der Waals surface area (Å²) < 4.78 is 140. The molecule has 1 aliphatic rings. The first-order valence-corrected chi connectivity index (χ1v) is 42.7. The van der Waals surface area contributed by atoms with Crippen LogP contribution in [0.4, 0.5) is 26.3 Å². The van der Waals surface area contributed by atoms with Crippen LogP contribution < -0.4 is 14.2 Å². The Kier molecular flexibility index (Phi) is 31.9. The molecule has 1 atom stereocenters. The van der Waals surface area contributed by atoms with Crippen molar-refractivity contribution >= 4 is 62.2 Å². The van der Waals surface area contributed by atoms with Gasteiger partial charge in [-0.05, 0) is 171 Å². The number of methoxy groups -OCH3 is 3. The second kappa shape index (κ2) is 44.1. The third-order valence-electron chi connectivity index (χ3n) is 22.2. The van der Waals surface area contributed by atoms with E-state index in [-0.39, 0.29) is 96.1 Å². The topological polar surface area (TPSA) is 278 Å². The van der Waals surface area contributed by atoms with Gasteiger partial charge in [0, 0.05) is 116 Å². The smallest absolute Gasteiger partial charge is 0.473 e. The molecular weight excluding hydrogens is 1760 g/mol. The van der Waals surface area contributed by atoms with Crippen LogP contribution in [0.2, 0.25) is 0 Å². The number of pyridine rings is 3. The monoisotopic (exact) mass is 1850 g/mol. The van der Waals surface area contributed by atoms with Crippen molar-refractivity contribution in [2.24, 2.45) is 0 Å². The van der Waals surface area contributed by atoms with Gasteiger partial charge in [-0.3, -0.25) is 0 Å². The van der Waals surface area contributed by atoms with Crippen molar-refractivity contribution in [3.8, 4) is 69.6 Å². The Balaban J connectivity index is 0.000000159. The van der Waals surface area contributed by atoms with Crippen LogP contribution >= 0.6 is 15.9 Å². The Hall–Kier alpha value is -14.0. The lowest BCUT2D eigenvalue weighted by atomic mass is 9.90. The maximum Gasteiger partial charge on any atom is 0.486 e. The van der Waals surface area contributed by atoms with E-state index in [0.29, 0.717) is 131 Å². The van der Waals surface area contributed by atoms with Crippen molar-refractivity contribution < 1.29 is 74.3 Å². The van der Waals surface area contributed by atoms with Gasteiger partial charge in [-0.15, -0.1) is 6.58 Å². The predicted molar refractivity (Wildman–Crippen MR) is 495 cm³/mol. The fraction of sp³-hybridized carbons (Fsp3) is 0.225. The number of hydrogen-bond donors (Lipinski definition) is 2. The number of aliphatic hydroxyl groups is 2. The minimum Gasteiger partial charge on any atom is -0.473 e. The molecule has 1 aliphatic heterocycles. The van der Waals surface area contributed by atoms with E-state index in [4.69, 9.17) is 68.5 Å². The van der Waals surface area contributed by atoms with Crippen LogP contribution in [0.25, 0.3) is 72.9 Å². The van der Waals surface area contributed by atoms with Crippen molar-refractivity contribution in [3.63, 3.8) is 0 Å². The molecule has 2 N–H and O–H groups in total. The number of aromatic nitrogens is 9. The summed E-state index contributed by atoms with van der Waals surface area (Å²) >= 11 is 3.51. The zero-order valence-corrected chi connectivity index (χ0v) is 75.0. The lowest BCUT2D eigenvalue weighted by Gasteiger charge is -2.32. The molecule has 672 valence electrons. The van der Waals surface area contributed by atoms with Crippen LogP contribution in [0.1, 0.15) is 112 Å². The first kappa shape index (κ1) is 95.6. The van der Waals surface area contributed by atoms with Crippen LogP contribution in [-0.4, -0.2) is 120 Å². The maximum atomic E-state index is 15.4. The molecule has 0 radical (unpaired) electrons. The number of nitriles is 3. The van der Waals surface area contributed by atoms with E-state index in [9.17, 15) is 23.4 Å². The highest BCUT2D eigenvalue weighted by atomic mass is 79.9. The SMILES string of the molecule is C=CB1OC(C)(C)C(C)(C)O1.C=Cc1ccc2nc(Cc3ccc(-c4cccc(OCc5ccc(C#N)cc5F)n4)cc3F)n(CCOC)c2c1.COCCn1c(Cc2ccc(-c3cccc(OCc4ccc(C#N)cc4F)n3)cc2F)nc2ccc(Br)cc21.COCCn1c(Cc2ccc(-c3cccc(OCc4ccc(C#N)cc4F)n3)cc2F)nc2ccc(C(O)CO)cc21. The number of hydrogen-bond acceptors (Lipinski definition) is 19. The summed E-state index contributed by atoms with van der Waals surface area (Å²) in [7, 11) is 4.63. The number of benzene rings is 9. The molecule has 0 aliphatic carbocycles. The fourth-order valence-corrected chi connectivity index (χ4v) is 14.7.